The number of carbonyl (C=O) groups excluding carboxylic acids is 1. The third-order valence-electron chi connectivity index (χ3n) is 5.70. The molecule has 0 radical (unpaired) electrons. The molecular formula is C23H27ClN2O3. The molecule has 1 aliphatic rings. The number of halogens is 1. The highest BCUT2D eigenvalue weighted by Gasteiger charge is 2.30. The second kappa shape index (κ2) is 9.40. The smallest absolute Gasteiger partial charge is 0.404 e. The average molecular weight is 415 g/mol. The molecule has 1 heterocycles. The van der Waals surface area contributed by atoms with Gasteiger partial charge in [-0.05, 0) is 66.8 Å². The summed E-state index contributed by atoms with van der Waals surface area (Å²) in [6, 6.07) is 11.7. The number of aromatic nitrogens is 1. The number of ketones is 1. The fraction of sp³-hybridized carbons (Fsp3) is 0.435. The zero-order chi connectivity index (χ0) is 21.0. The summed E-state index contributed by atoms with van der Waals surface area (Å²) in [4.78, 5) is 28.6. The molecule has 0 saturated heterocycles. The van der Waals surface area contributed by atoms with Gasteiger partial charge in [0.05, 0.1) is 12.2 Å². The summed E-state index contributed by atoms with van der Waals surface area (Å²) in [6.07, 6.45) is 2.50. The van der Waals surface area contributed by atoms with Crippen molar-refractivity contribution < 1.29 is 14.7 Å². The maximum Gasteiger partial charge on any atom is 0.404 e. The van der Waals surface area contributed by atoms with Crippen LogP contribution in [0.25, 0.3) is 0 Å². The lowest BCUT2D eigenvalue weighted by molar-refractivity contribution is 0.0876. The molecule has 0 spiro atoms. The molecular weight excluding hydrogens is 388 g/mol. The van der Waals surface area contributed by atoms with Crippen molar-refractivity contribution in [2.45, 2.75) is 57.9 Å². The van der Waals surface area contributed by atoms with Crippen molar-refractivity contribution in [1.29, 1.82) is 0 Å². The van der Waals surface area contributed by atoms with Gasteiger partial charge in [0, 0.05) is 10.9 Å². The van der Waals surface area contributed by atoms with E-state index in [1.165, 1.54) is 5.56 Å². The normalized spacial score (nSPS) is 19.2. The van der Waals surface area contributed by atoms with Gasteiger partial charge in [0.1, 0.15) is 5.69 Å². The van der Waals surface area contributed by atoms with Gasteiger partial charge in [-0.15, -0.1) is 0 Å². The second-order valence-corrected chi connectivity index (χ2v) is 8.45. The fourth-order valence-corrected chi connectivity index (χ4v) is 4.18. The molecule has 0 unspecified atom stereocenters. The van der Waals surface area contributed by atoms with Crippen molar-refractivity contribution in [2.24, 2.45) is 5.92 Å². The van der Waals surface area contributed by atoms with Crippen LogP contribution in [0.3, 0.4) is 0 Å². The van der Waals surface area contributed by atoms with E-state index in [9.17, 15) is 9.59 Å². The first kappa shape index (κ1) is 21.3. The standard InChI is InChI=1S/C23H27ClN2O3/c1-14(2)20-12-11-19(13-25-23(28)29)26-21(20)22(27)17-5-3-15(4-6-17)16-7-9-18(24)10-8-16/h7-12,14-15,17,25H,3-6,13H2,1-2H3,(H,28,29). The van der Waals surface area contributed by atoms with Crippen LogP contribution < -0.4 is 5.32 Å². The molecule has 1 saturated carbocycles. The molecule has 2 aromatic rings. The molecule has 6 heteroatoms. The third kappa shape index (κ3) is 5.36. The van der Waals surface area contributed by atoms with Crippen LogP contribution in [0.5, 0.6) is 0 Å². The molecule has 154 valence electrons. The largest absolute Gasteiger partial charge is 0.465 e. The minimum absolute atomic E-state index is 0.0359. The number of nitrogens with zero attached hydrogens (tertiary/aromatic N) is 1. The number of pyridine rings is 1. The number of hydrogen-bond donors (Lipinski definition) is 2. The lowest BCUT2D eigenvalue weighted by Crippen LogP contribution is -2.25. The van der Waals surface area contributed by atoms with E-state index < -0.39 is 6.09 Å². The van der Waals surface area contributed by atoms with Gasteiger partial charge >= 0.3 is 6.09 Å². The van der Waals surface area contributed by atoms with Gasteiger partial charge in [-0.2, -0.15) is 0 Å². The molecule has 1 fully saturated rings. The molecule has 1 aromatic carbocycles. The van der Waals surface area contributed by atoms with Gasteiger partial charge in [0.2, 0.25) is 0 Å². The quantitative estimate of drug-likeness (QED) is 0.587. The van der Waals surface area contributed by atoms with E-state index in [1.807, 2.05) is 32.0 Å². The highest BCUT2D eigenvalue weighted by Crippen LogP contribution is 2.38. The molecule has 0 aliphatic heterocycles. The van der Waals surface area contributed by atoms with Crippen molar-refractivity contribution in [3.05, 3.63) is 63.9 Å². The van der Waals surface area contributed by atoms with E-state index in [0.29, 0.717) is 17.3 Å². The number of carbonyl (C=O) groups is 2. The van der Waals surface area contributed by atoms with Gasteiger partial charge in [-0.25, -0.2) is 9.78 Å². The van der Waals surface area contributed by atoms with Crippen molar-refractivity contribution in [3.63, 3.8) is 0 Å². The Labute approximate surface area is 176 Å². The van der Waals surface area contributed by atoms with E-state index in [1.54, 1.807) is 6.07 Å². The molecule has 3 rings (SSSR count). The third-order valence-corrected chi connectivity index (χ3v) is 5.95. The lowest BCUT2D eigenvalue weighted by Gasteiger charge is -2.28. The van der Waals surface area contributed by atoms with E-state index in [2.05, 4.69) is 22.4 Å². The molecule has 29 heavy (non-hydrogen) atoms. The highest BCUT2D eigenvalue weighted by molar-refractivity contribution is 6.30. The van der Waals surface area contributed by atoms with Crippen LogP contribution in [0.15, 0.2) is 36.4 Å². The van der Waals surface area contributed by atoms with Crippen LogP contribution in [-0.4, -0.2) is 22.0 Å². The number of Topliss-reactive ketones (excluding diaryl/α,β-unsaturated/α-hetero) is 1. The summed E-state index contributed by atoms with van der Waals surface area (Å²) in [5.41, 5.74) is 3.27. The minimum atomic E-state index is -1.10. The van der Waals surface area contributed by atoms with E-state index >= 15 is 0 Å². The number of carboxylic acid groups (broad SMARTS) is 1. The number of rotatable bonds is 6. The first-order valence-corrected chi connectivity index (χ1v) is 10.5. The Kier molecular flexibility index (Phi) is 6.91. The van der Waals surface area contributed by atoms with E-state index in [0.717, 1.165) is 36.3 Å². The average Bonchev–Trinajstić information content (AvgIpc) is 2.72. The first-order valence-electron chi connectivity index (χ1n) is 10.1. The minimum Gasteiger partial charge on any atom is -0.465 e. The highest BCUT2D eigenvalue weighted by atomic mass is 35.5. The second-order valence-electron chi connectivity index (χ2n) is 8.02. The van der Waals surface area contributed by atoms with Crippen molar-refractivity contribution in [3.8, 4) is 0 Å². The zero-order valence-electron chi connectivity index (χ0n) is 16.8. The number of nitrogens with one attached hydrogen (secondary N) is 1. The lowest BCUT2D eigenvalue weighted by atomic mass is 9.76. The zero-order valence-corrected chi connectivity index (χ0v) is 17.6. The molecule has 1 aromatic heterocycles. The summed E-state index contributed by atoms with van der Waals surface area (Å²) >= 11 is 5.99. The predicted octanol–water partition coefficient (Wildman–Crippen LogP) is 5.78. The van der Waals surface area contributed by atoms with Crippen molar-refractivity contribution in [1.82, 2.24) is 10.3 Å². The molecule has 2 N–H and O–H groups in total. The van der Waals surface area contributed by atoms with Gasteiger partial charge in [0.15, 0.2) is 5.78 Å². The van der Waals surface area contributed by atoms with Crippen molar-refractivity contribution >= 4 is 23.5 Å². The first-order chi connectivity index (χ1) is 13.8. The SMILES string of the molecule is CC(C)c1ccc(CNC(=O)O)nc1C(=O)C1CCC(c2ccc(Cl)cc2)CC1. The van der Waals surface area contributed by atoms with Crippen LogP contribution in [0.1, 0.15) is 78.7 Å². The summed E-state index contributed by atoms with van der Waals surface area (Å²) in [7, 11) is 0. The Morgan fingerprint density at radius 3 is 2.34 bits per heavy atom. The molecule has 1 aliphatic carbocycles. The summed E-state index contributed by atoms with van der Waals surface area (Å²) in [5.74, 6) is 0.681. The molecule has 5 nitrogen and oxygen atoms in total. The summed E-state index contributed by atoms with van der Waals surface area (Å²) in [6.45, 7) is 4.18. The Bertz CT molecular complexity index is 872. The topological polar surface area (TPSA) is 79.3 Å². The van der Waals surface area contributed by atoms with Crippen LogP contribution in [-0.2, 0) is 6.54 Å². The van der Waals surface area contributed by atoms with Crippen molar-refractivity contribution in [2.75, 3.05) is 0 Å². The number of amides is 1. The molecule has 1 amide bonds. The van der Waals surface area contributed by atoms with Gasteiger partial charge in [-0.3, -0.25) is 4.79 Å². The predicted molar refractivity (Wildman–Crippen MR) is 114 cm³/mol. The van der Waals surface area contributed by atoms with E-state index in [-0.39, 0.29) is 24.2 Å². The van der Waals surface area contributed by atoms with Crippen LogP contribution in [0.2, 0.25) is 5.02 Å². The summed E-state index contributed by atoms with van der Waals surface area (Å²) in [5, 5.41) is 11.9. The summed E-state index contributed by atoms with van der Waals surface area (Å²) < 4.78 is 0. The monoisotopic (exact) mass is 414 g/mol. The van der Waals surface area contributed by atoms with Gasteiger partial charge in [-0.1, -0.05) is 43.6 Å². The Balaban J connectivity index is 1.73. The van der Waals surface area contributed by atoms with Crippen LogP contribution >= 0.6 is 11.6 Å². The van der Waals surface area contributed by atoms with Gasteiger partial charge in [0.25, 0.3) is 0 Å². The Morgan fingerprint density at radius 1 is 1.10 bits per heavy atom. The maximum absolute atomic E-state index is 13.3. The molecule has 0 atom stereocenters. The van der Waals surface area contributed by atoms with Crippen LogP contribution in [0, 0.1) is 5.92 Å². The Morgan fingerprint density at radius 2 is 1.76 bits per heavy atom. The fourth-order valence-electron chi connectivity index (χ4n) is 4.06. The number of hydrogen-bond acceptors (Lipinski definition) is 3. The van der Waals surface area contributed by atoms with Gasteiger partial charge < -0.3 is 10.4 Å². The Hall–Kier alpha value is -2.40. The van der Waals surface area contributed by atoms with E-state index in [4.69, 9.17) is 16.7 Å². The molecule has 0 bridgehead atoms. The maximum atomic E-state index is 13.3. The number of benzene rings is 1. The van der Waals surface area contributed by atoms with Crippen LogP contribution in [0.4, 0.5) is 4.79 Å².